The number of benzene rings is 5. The number of fused-ring (bicyclic) bond motifs is 3. The minimum Gasteiger partial charge on any atom is -0.311 e. The Kier molecular flexibility index (Phi) is 5.68. The van der Waals surface area contributed by atoms with Gasteiger partial charge in [-0.25, -0.2) is 0 Å². The Morgan fingerprint density at radius 2 is 1.11 bits per heavy atom. The van der Waals surface area contributed by atoms with Gasteiger partial charge in [0, 0.05) is 17.1 Å². The molecule has 0 spiro atoms. The van der Waals surface area contributed by atoms with Gasteiger partial charge in [-0.2, -0.15) is 0 Å². The lowest BCUT2D eigenvalue weighted by atomic mass is 9.89. The maximum atomic E-state index is 2.40. The van der Waals surface area contributed by atoms with Gasteiger partial charge in [0.15, 0.2) is 0 Å². The lowest BCUT2D eigenvalue weighted by molar-refractivity contribution is 0.689. The summed E-state index contributed by atoms with van der Waals surface area (Å²) >= 11 is 0. The first-order chi connectivity index (χ1) is 17.3. The summed E-state index contributed by atoms with van der Waals surface area (Å²) in [6.45, 7) is 2.36. The Labute approximate surface area is 208 Å². The van der Waals surface area contributed by atoms with Crippen LogP contribution in [0.4, 0.5) is 17.1 Å². The quantitative estimate of drug-likeness (QED) is 0.263. The molecule has 0 radical (unpaired) electrons. The molecule has 0 fully saturated rings. The Balaban J connectivity index is 1.40. The highest BCUT2D eigenvalue weighted by Crippen LogP contribution is 2.41. The molecule has 1 heteroatoms. The molecule has 35 heavy (non-hydrogen) atoms. The minimum atomic E-state index is 0.569. The summed E-state index contributed by atoms with van der Waals surface area (Å²) in [6, 6.07) is 46.1. The van der Waals surface area contributed by atoms with Crippen molar-refractivity contribution in [3.63, 3.8) is 0 Å². The number of para-hydroxylation sites is 2. The number of rotatable bonds is 4. The normalized spacial score (nSPS) is 14.5. The van der Waals surface area contributed by atoms with Crippen molar-refractivity contribution in [3.8, 4) is 22.3 Å². The second-order valence-corrected chi connectivity index (χ2v) is 9.45. The average molecular weight is 452 g/mol. The molecule has 0 saturated heterocycles. The van der Waals surface area contributed by atoms with Crippen molar-refractivity contribution >= 4 is 17.1 Å². The van der Waals surface area contributed by atoms with Crippen LogP contribution in [0.2, 0.25) is 0 Å². The number of hydrogen-bond acceptors (Lipinski definition) is 1. The number of nitrogens with zero attached hydrogens (tertiary/aromatic N) is 1. The van der Waals surface area contributed by atoms with Gasteiger partial charge in [-0.1, -0.05) is 91.9 Å². The minimum absolute atomic E-state index is 0.569. The van der Waals surface area contributed by atoms with Crippen LogP contribution in [0.15, 0.2) is 127 Å². The van der Waals surface area contributed by atoms with Crippen molar-refractivity contribution in [3.05, 3.63) is 139 Å². The van der Waals surface area contributed by atoms with E-state index >= 15 is 0 Å². The molecule has 0 N–H and O–H groups in total. The fraction of sp³-hybridized carbons (Fsp3) is 0.118. The summed E-state index contributed by atoms with van der Waals surface area (Å²) in [6.07, 6.45) is 2.34. The van der Waals surface area contributed by atoms with Crippen LogP contribution in [-0.4, -0.2) is 0 Å². The second kappa shape index (κ2) is 9.27. The average Bonchev–Trinajstić information content (AvgIpc) is 3.07. The molecule has 1 aliphatic carbocycles. The van der Waals surface area contributed by atoms with Crippen LogP contribution in [-0.2, 0) is 6.42 Å². The summed E-state index contributed by atoms with van der Waals surface area (Å²) in [4.78, 5) is 2.30. The summed E-state index contributed by atoms with van der Waals surface area (Å²) < 4.78 is 0. The van der Waals surface area contributed by atoms with Gasteiger partial charge in [0.05, 0.1) is 0 Å². The van der Waals surface area contributed by atoms with Gasteiger partial charge in [-0.05, 0) is 94.6 Å². The molecule has 1 unspecified atom stereocenters. The molecule has 6 rings (SSSR count). The van der Waals surface area contributed by atoms with Gasteiger partial charge >= 0.3 is 0 Å². The third-order valence-corrected chi connectivity index (χ3v) is 7.23. The molecule has 5 aromatic carbocycles. The van der Waals surface area contributed by atoms with Crippen LogP contribution in [0.25, 0.3) is 22.3 Å². The summed E-state index contributed by atoms with van der Waals surface area (Å²) in [5.41, 5.74) is 11.7. The highest BCUT2D eigenvalue weighted by atomic mass is 15.1. The zero-order chi connectivity index (χ0) is 23.6. The van der Waals surface area contributed by atoms with Crippen LogP contribution in [0.5, 0.6) is 0 Å². The lowest BCUT2D eigenvalue weighted by Gasteiger charge is -2.25. The number of anilines is 3. The van der Waals surface area contributed by atoms with Gasteiger partial charge in [0.2, 0.25) is 0 Å². The van der Waals surface area contributed by atoms with E-state index in [0.717, 1.165) is 23.5 Å². The molecule has 0 amide bonds. The Morgan fingerprint density at radius 1 is 0.543 bits per heavy atom. The van der Waals surface area contributed by atoms with Crippen molar-refractivity contribution in [1.29, 1.82) is 0 Å². The van der Waals surface area contributed by atoms with E-state index in [1.54, 1.807) is 0 Å². The van der Waals surface area contributed by atoms with Crippen molar-refractivity contribution in [2.24, 2.45) is 0 Å². The van der Waals surface area contributed by atoms with Crippen molar-refractivity contribution in [1.82, 2.24) is 0 Å². The molecule has 0 aromatic heterocycles. The molecule has 1 atom stereocenters. The highest BCUT2D eigenvalue weighted by molar-refractivity contribution is 5.81. The van der Waals surface area contributed by atoms with Gasteiger partial charge in [0.25, 0.3) is 0 Å². The van der Waals surface area contributed by atoms with Crippen molar-refractivity contribution in [2.45, 2.75) is 25.7 Å². The van der Waals surface area contributed by atoms with Gasteiger partial charge in [-0.15, -0.1) is 0 Å². The van der Waals surface area contributed by atoms with Crippen LogP contribution >= 0.6 is 0 Å². The lowest BCUT2D eigenvalue weighted by Crippen LogP contribution is -2.09. The molecule has 0 heterocycles. The second-order valence-electron chi connectivity index (χ2n) is 9.45. The smallest absolute Gasteiger partial charge is 0.0462 e. The van der Waals surface area contributed by atoms with Crippen LogP contribution in [0.3, 0.4) is 0 Å². The first-order valence-corrected chi connectivity index (χ1v) is 12.5. The standard InChI is InChI=1S/C34H29N/c1-25-16-17-27-10-8-9-15-33(27)34-24-28(20-23-32(25)34)26-18-21-31(22-19-26)35(29-11-4-2-5-12-29)30-13-6-3-7-14-30/h2-15,18-25H,16-17H2,1H3. The third kappa shape index (κ3) is 4.15. The van der Waals surface area contributed by atoms with E-state index in [-0.39, 0.29) is 0 Å². The maximum absolute atomic E-state index is 2.40. The predicted octanol–water partition coefficient (Wildman–Crippen LogP) is 9.54. The molecular formula is C34H29N. The van der Waals surface area contributed by atoms with E-state index in [4.69, 9.17) is 0 Å². The first-order valence-electron chi connectivity index (χ1n) is 12.5. The fourth-order valence-electron chi connectivity index (χ4n) is 5.33. The molecule has 170 valence electrons. The first kappa shape index (κ1) is 21.4. The monoisotopic (exact) mass is 451 g/mol. The molecule has 0 bridgehead atoms. The SMILES string of the molecule is CC1CCc2ccccc2-c2cc(-c3ccc(N(c4ccccc4)c4ccccc4)cc3)ccc21. The van der Waals surface area contributed by atoms with E-state index in [1.807, 2.05) is 0 Å². The number of hydrogen-bond donors (Lipinski definition) is 0. The molecule has 0 aliphatic heterocycles. The zero-order valence-electron chi connectivity index (χ0n) is 20.1. The topological polar surface area (TPSA) is 3.24 Å². The van der Waals surface area contributed by atoms with E-state index in [2.05, 4.69) is 139 Å². The molecule has 1 aliphatic rings. The van der Waals surface area contributed by atoms with Gasteiger partial charge < -0.3 is 4.90 Å². The van der Waals surface area contributed by atoms with Gasteiger partial charge in [0.1, 0.15) is 0 Å². The highest BCUT2D eigenvalue weighted by Gasteiger charge is 2.20. The Morgan fingerprint density at radius 3 is 1.80 bits per heavy atom. The molecule has 1 nitrogen and oxygen atoms in total. The summed E-state index contributed by atoms with van der Waals surface area (Å²) in [5.74, 6) is 0.569. The predicted molar refractivity (Wildman–Crippen MR) is 149 cm³/mol. The maximum Gasteiger partial charge on any atom is 0.0462 e. The molecule has 5 aromatic rings. The van der Waals surface area contributed by atoms with Crippen molar-refractivity contribution in [2.75, 3.05) is 4.90 Å². The van der Waals surface area contributed by atoms with E-state index in [0.29, 0.717) is 5.92 Å². The zero-order valence-corrected chi connectivity index (χ0v) is 20.1. The Bertz CT molecular complexity index is 1400. The molecule has 0 saturated carbocycles. The van der Waals surface area contributed by atoms with Crippen LogP contribution < -0.4 is 4.90 Å². The molecular weight excluding hydrogens is 422 g/mol. The van der Waals surface area contributed by atoms with E-state index < -0.39 is 0 Å². The van der Waals surface area contributed by atoms with Crippen LogP contribution in [0, 0.1) is 0 Å². The van der Waals surface area contributed by atoms with Crippen molar-refractivity contribution < 1.29 is 0 Å². The van der Waals surface area contributed by atoms with E-state index in [1.165, 1.54) is 39.8 Å². The largest absolute Gasteiger partial charge is 0.311 e. The van der Waals surface area contributed by atoms with Gasteiger partial charge in [-0.3, -0.25) is 0 Å². The number of aryl methyl sites for hydroxylation is 1. The Hall–Kier alpha value is -4.10. The fourth-order valence-corrected chi connectivity index (χ4v) is 5.33. The third-order valence-electron chi connectivity index (χ3n) is 7.23. The summed E-state index contributed by atoms with van der Waals surface area (Å²) in [5, 5.41) is 0. The van der Waals surface area contributed by atoms with E-state index in [9.17, 15) is 0 Å². The summed E-state index contributed by atoms with van der Waals surface area (Å²) in [7, 11) is 0. The van der Waals surface area contributed by atoms with Crippen LogP contribution in [0.1, 0.15) is 30.4 Å².